The summed E-state index contributed by atoms with van der Waals surface area (Å²) in [6.07, 6.45) is 0. The summed E-state index contributed by atoms with van der Waals surface area (Å²) in [5.41, 5.74) is 2.69. The van der Waals surface area contributed by atoms with Gasteiger partial charge >= 0.3 is 0 Å². The number of fused-ring (bicyclic) bond motifs is 1. The van der Waals surface area contributed by atoms with Crippen molar-refractivity contribution in [3.63, 3.8) is 0 Å². The zero-order valence-corrected chi connectivity index (χ0v) is 6.52. The molecule has 11 heavy (non-hydrogen) atoms. The maximum Gasteiger partial charge on any atom is 0.129 e. The van der Waals surface area contributed by atoms with Gasteiger partial charge in [-0.25, -0.2) is 4.98 Å². The fourth-order valence-corrected chi connectivity index (χ4v) is 1.19. The molecule has 55 valence electrons. The Morgan fingerprint density at radius 1 is 1.45 bits per heavy atom. The van der Waals surface area contributed by atoms with Crippen molar-refractivity contribution in [1.29, 1.82) is 0 Å². The third-order valence-electron chi connectivity index (χ3n) is 1.50. The molecule has 2 nitrogen and oxygen atoms in total. The van der Waals surface area contributed by atoms with Crippen LogP contribution in [0.15, 0.2) is 18.2 Å². The van der Waals surface area contributed by atoms with Gasteiger partial charge in [0.05, 0.1) is 11.0 Å². The first-order valence-electron chi connectivity index (χ1n) is 3.23. The minimum atomic E-state index is 0.511. The van der Waals surface area contributed by atoms with Crippen molar-refractivity contribution >= 4 is 22.6 Å². The average molecular weight is 166 g/mol. The van der Waals surface area contributed by atoms with E-state index in [0.717, 1.165) is 16.7 Å². The molecule has 0 atom stereocenters. The van der Waals surface area contributed by atoms with Gasteiger partial charge in [-0.3, -0.25) is 0 Å². The summed E-state index contributed by atoms with van der Waals surface area (Å²) in [7, 11) is 0. The molecular formula is C8H6ClN2. The zero-order chi connectivity index (χ0) is 7.84. The third kappa shape index (κ3) is 1.10. The molecule has 0 spiro atoms. The molecule has 3 heteroatoms. The first kappa shape index (κ1) is 6.68. The van der Waals surface area contributed by atoms with Gasteiger partial charge in [0.25, 0.3) is 0 Å². The molecule has 0 aromatic carbocycles. The fraction of sp³-hybridized carbons (Fsp3) is 0. The predicted octanol–water partition coefficient (Wildman–Crippen LogP) is 2.40. The summed E-state index contributed by atoms with van der Waals surface area (Å²) < 4.78 is 0. The second kappa shape index (κ2) is 2.24. The molecule has 1 N–H and O–H groups in total. The van der Waals surface area contributed by atoms with E-state index in [1.807, 2.05) is 12.1 Å². The monoisotopic (exact) mass is 165 g/mol. The number of hydrogen-bond donors (Lipinski definition) is 1. The predicted molar refractivity (Wildman–Crippen MR) is 45.6 cm³/mol. The molecule has 0 aliphatic rings. The van der Waals surface area contributed by atoms with Crippen molar-refractivity contribution in [1.82, 2.24) is 9.97 Å². The lowest BCUT2D eigenvalue weighted by Gasteiger charge is -1.87. The molecule has 0 fully saturated rings. The molecule has 1 radical (unpaired) electrons. The normalized spacial score (nSPS) is 10.7. The molecule has 2 heterocycles. The summed E-state index contributed by atoms with van der Waals surface area (Å²) in [6, 6.07) is 5.50. The topological polar surface area (TPSA) is 28.7 Å². The highest BCUT2D eigenvalue weighted by Gasteiger charge is 1.97. The van der Waals surface area contributed by atoms with E-state index in [1.165, 1.54) is 0 Å². The minimum Gasteiger partial charge on any atom is -0.357 e. The molecule has 0 aliphatic heterocycles. The van der Waals surface area contributed by atoms with Gasteiger partial charge in [-0.1, -0.05) is 11.6 Å². The van der Waals surface area contributed by atoms with Crippen molar-refractivity contribution in [3.05, 3.63) is 36.0 Å². The summed E-state index contributed by atoms with van der Waals surface area (Å²) in [5, 5.41) is 0.511. The standard InChI is InChI=1S/C8H6ClN2/c1-5-4-7-6(10-5)2-3-8(9)11-7/h2-4,10H,1H2. The van der Waals surface area contributed by atoms with E-state index in [9.17, 15) is 0 Å². The summed E-state index contributed by atoms with van der Waals surface area (Å²) in [6.45, 7) is 3.75. The van der Waals surface area contributed by atoms with Crippen LogP contribution < -0.4 is 0 Å². The second-order valence-corrected chi connectivity index (χ2v) is 2.75. The number of rotatable bonds is 0. The molecule has 0 amide bonds. The van der Waals surface area contributed by atoms with Crippen LogP contribution in [0.2, 0.25) is 5.15 Å². The highest BCUT2D eigenvalue weighted by Crippen LogP contribution is 2.15. The maximum atomic E-state index is 5.68. The smallest absolute Gasteiger partial charge is 0.129 e. The Kier molecular flexibility index (Phi) is 1.36. The van der Waals surface area contributed by atoms with Gasteiger partial charge in [-0.05, 0) is 25.1 Å². The van der Waals surface area contributed by atoms with E-state index >= 15 is 0 Å². The molecular weight excluding hydrogens is 160 g/mol. The molecule has 2 aromatic heterocycles. The van der Waals surface area contributed by atoms with Crippen LogP contribution in [0, 0.1) is 6.92 Å². The number of nitrogens with one attached hydrogen (secondary N) is 1. The largest absolute Gasteiger partial charge is 0.357 e. The Morgan fingerprint density at radius 3 is 3.09 bits per heavy atom. The van der Waals surface area contributed by atoms with Crippen molar-refractivity contribution in [3.8, 4) is 0 Å². The molecule has 0 unspecified atom stereocenters. The van der Waals surface area contributed by atoms with Crippen molar-refractivity contribution in [2.75, 3.05) is 0 Å². The quantitative estimate of drug-likeness (QED) is 0.597. The summed E-state index contributed by atoms with van der Waals surface area (Å²) in [4.78, 5) is 7.14. The first-order chi connectivity index (χ1) is 5.25. The Morgan fingerprint density at radius 2 is 2.27 bits per heavy atom. The van der Waals surface area contributed by atoms with E-state index in [2.05, 4.69) is 16.9 Å². The van der Waals surface area contributed by atoms with E-state index in [1.54, 1.807) is 6.07 Å². The van der Waals surface area contributed by atoms with Crippen molar-refractivity contribution < 1.29 is 0 Å². The third-order valence-corrected chi connectivity index (χ3v) is 1.71. The Labute approximate surface area is 69.2 Å². The number of pyridine rings is 1. The number of halogens is 1. The van der Waals surface area contributed by atoms with Crippen LogP contribution in [0.1, 0.15) is 5.69 Å². The van der Waals surface area contributed by atoms with Gasteiger partial charge in [0, 0.05) is 5.69 Å². The van der Waals surface area contributed by atoms with Gasteiger partial charge in [-0.2, -0.15) is 0 Å². The maximum absolute atomic E-state index is 5.68. The highest BCUT2D eigenvalue weighted by molar-refractivity contribution is 6.29. The number of H-pyrrole nitrogens is 1. The number of aromatic nitrogens is 2. The number of nitrogens with zero attached hydrogens (tertiary/aromatic N) is 1. The Balaban J connectivity index is 2.82. The Bertz CT molecular complexity index is 392. The second-order valence-electron chi connectivity index (χ2n) is 2.36. The Hall–Kier alpha value is -1.02. The molecule has 0 saturated carbocycles. The van der Waals surface area contributed by atoms with Crippen LogP contribution in [-0.2, 0) is 0 Å². The van der Waals surface area contributed by atoms with E-state index < -0.39 is 0 Å². The summed E-state index contributed by atoms with van der Waals surface area (Å²) in [5.74, 6) is 0. The van der Waals surface area contributed by atoms with Gasteiger partial charge in [-0.15, -0.1) is 0 Å². The number of aromatic amines is 1. The lowest BCUT2D eigenvalue weighted by atomic mass is 10.4. The molecule has 2 aromatic rings. The fourth-order valence-electron chi connectivity index (χ4n) is 1.04. The van der Waals surface area contributed by atoms with Crippen LogP contribution >= 0.6 is 11.6 Å². The lowest BCUT2D eigenvalue weighted by molar-refractivity contribution is 1.38. The average Bonchev–Trinajstić information content (AvgIpc) is 2.27. The van der Waals surface area contributed by atoms with Gasteiger partial charge in [0.1, 0.15) is 5.15 Å². The molecule has 0 bridgehead atoms. The summed E-state index contributed by atoms with van der Waals surface area (Å²) >= 11 is 5.68. The van der Waals surface area contributed by atoms with Gasteiger partial charge < -0.3 is 4.98 Å². The van der Waals surface area contributed by atoms with Crippen LogP contribution in [0.3, 0.4) is 0 Å². The van der Waals surface area contributed by atoms with E-state index in [-0.39, 0.29) is 0 Å². The molecule has 2 rings (SSSR count). The first-order valence-corrected chi connectivity index (χ1v) is 3.61. The molecule has 0 saturated heterocycles. The van der Waals surface area contributed by atoms with Gasteiger partial charge in [0.15, 0.2) is 0 Å². The molecule has 0 aliphatic carbocycles. The van der Waals surface area contributed by atoms with Crippen LogP contribution in [0.25, 0.3) is 11.0 Å². The van der Waals surface area contributed by atoms with Crippen molar-refractivity contribution in [2.45, 2.75) is 0 Å². The SMILES string of the molecule is [CH2]c1cc2nc(Cl)ccc2[nH]1. The van der Waals surface area contributed by atoms with E-state index in [0.29, 0.717) is 5.15 Å². The van der Waals surface area contributed by atoms with Crippen LogP contribution in [0.5, 0.6) is 0 Å². The zero-order valence-electron chi connectivity index (χ0n) is 5.76. The van der Waals surface area contributed by atoms with Crippen LogP contribution in [0.4, 0.5) is 0 Å². The number of hydrogen-bond acceptors (Lipinski definition) is 1. The minimum absolute atomic E-state index is 0.511. The van der Waals surface area contributed by atoms with E-state index in [4.69, 9.17) is 11.6 Å². The highest BCUT2D eigenvalue weighted by atomic mass is 35.5. The van der Waals surface area contributed by atoms with Crippen molar-refractivity contribution in [2.24, 2.45) is 0 Å². The lowest BCUT2D eigenvalue weighted by Crippen LogP contribution is -1.73. The van der Waals surface area contributed by atoms with Crippen LogP contribution in [-0.4, -0.2) is 9.97 Å². The van der Waals surface area contributed by atoms with Gasteiger partial charge in [0.2, 0.25) is 0 Å².